The largest absolute Gasteiger partial charge is 0.273 e. The van der Waals surface area contributed by atoms with Crippen molar-refractivity contribution in [3.05, 3.63) is 57.0 Å². The average Bonchev–Trinajstić information content (AvgIpc) is 2.85. The Balaban J connectivity index is 1.95. The predicted molar refractivity (Wildman–Crippen MR) is 75.2 cm³/mol. The highest BCUT2D eigenvalue weighted by atomic mass is 35.5. The first-order valence-electron chi connectivity index (χ1n) is 5.45. The molecule has 1 amide bonds. The quantitative estimate of drug-likeness (QED) is 0.683. The number of hydrogen-bond acceptors (Lipinski definition) is 3. The minimum atomic E-state index is -0.483. The van der Waals surface area contributed by atoms with Gasteiger partial charge in [-0.2, -0.15) is 5.10 Å². The molecule has 0 aliphatic carbocycles. The van der Waals surface area contributed by atoms with Gasteiger partial charge in [-0.1, -0.05) is 23.7 Å². The zero-order valence-corrected chi connectivity index (χ0v) is 11.3. The molecule has 1 heterocycles. The maximum atomic E-state index is 13.4. The van der Waals surface area contributed by atoms with E-state index in [1.54, 1.807) is 6.07 Å². The summed E-state index contributed by atoms with van der Waals surface area (Å²) in [5.74, 6) is -0.741. The molecular formula is C13H10ClFN2OS. The third-order valence-electron chi connectivity index (χ3n) is 2.30. The first-order valence-corrected chi connectivity index (χ1v) is 6.71. The van der Waals surface area contributed by atoms with Crippen LogP contribution in [0.5, 0.6) is 0 Å². The molecule has 0 bridgehead atoms. The van der Waals surface area contributed by atoms with Crippen LogP contribution in [0.1, 0.15) is 10.4 Å². The second-order valence-electron chi connectivity index (χ2n) is 3.68. The minimum absolute atomic E-state index is 0.153. The fourth-order valence-corrected chi connectivity index (χ4v) is 2.33. The van der Waals surface area contributed by atoms with Gasteiger partial charge < -0.3 is 0 Å². The minimum Gasteiger partial charge on any atom is -0.273 e. The van der Waals surface area contributed by atoms with Crippen molar-refractivity contribution in [1.29, 1.82) is 0 Å². The Morgan fingerprint density at radius 2 is 2.26 bits per heavy atom. The summed E-state index contributed by atoms with van der Waals surface area (Å²) in [6.45, 7) is 0. The Morgan fingerprint density at radius 1 is 1.42 bits per heavy atom. The molecule has 1 aromatic carbocycles. The van der Waals surface area contributed by atoms with Crippen LogP contribution >= 0.6 is 22.9 Å². The van der Waals surface area contributed by atoms with Gasteiger partial charge in [0.15, 0.2) is 0 Å². The van der Waals surface area contributed by atoms with E-state index in [1.807, 2.05) is 17.5 Å². The zero-order valence-electron chi connectivity index (χ0n) is 9.77. The average molecular weight is 297 g/mol. The lowest BCUT2D eigenvalue weighted by atomic mass is 10.2. The molecule has 19 heavy (non-hydrogen) atoms. The second kappa shape index (κ2) is 6.45. The lowest BCUT2D eigenvalue weighted by molar-refractivity contribution is -0.120. The monoisotopic (exact) mass is 296 g/mol. The summed E-state index contributed by atoms with van der Waals surface area (Å²) in [6, 6.07) is 8.07. The van der Waals surface area contributed by atoms with Crippen LogP contribution in [0.2, 0.25) is 5.02 Å². The van der Waals surface area contributed by atoms with Gasteiger partial charge in [0.25, 0.3) is 0 Å². The highest BCUT2D eigenvalue weighted by Gasteiger charge is 2.05. The van der Waals surface area contributed by atoms with Crippen molar-refractivity contribution in [2.75, 3.05) is 0 Å². The van der Waals surface area contributed by atoms with E-state index < -0.39 is 5.82 Å². The number of hydrogen-bond donors (Lipinski definition) is 1. The smallest absolute Gasteiger partial charge is 0.245 e. The molecule has 3 nitrogen and oxygen atoms in total. The Morgan fingerprint density at radius 3 is 2.95 bits per heavy atom. The van der Waals surface area contributed by atoms with E-state index in [0.717, 1.165) is 4.88 Å². The van der Waals surface area contributed by atoms with Crippen LogP contribution in [0.3, 0.4) is 0 Å². The molecule has 0 saturated heterocycles. The SMILES string of the molecule is O=C(Cc1cccs1)NN=Cc1c(F)cccc1Cl. The number of hydrazone groups is 1. The maximum Gasteiger partial charge on any atom is 0.245 e. The number of benzene rings is 1. The summed E-state index contributed by atoms with van der Waals surface area (Å²) in [6.07, 6.45) is 1.45. The van der Waals surface area contributed by atoms with E-state index in [0.29, 0.717) is 0 Å². The Bertz CT molecular complexity index is 578. The van der Waals surface area contributed by atoms with Gasteiger partial charge in [-0.3, -0.25) is 4.79 Å². The van der Waals surface area contributed by atoms with Crippen molar-refractivity contribution in [2.45, 2.75) is 6.42 Å². The van der Waals surface area contributed by atoms with E-state index in [2.05, 4.69) is 10.5 Å². The van der Waals surface area contributed by atoms with Gasteiger partial charge in [-0.25, -0.2) is 9.82 Å². The zero-order chi connectivity index (χ0) is 13.7. The number of nitrogens with zero attached hydrogens (tertiary/aromatic N) is 1. The molecule has 0 atom stereocenters. The number of rotatable bonds is 4. The standard InChI is InChI=1S/C13H10ClFN2OS/c14-11-4-1-5-12(15)10(11)8-16-17-13(18)7-9-3-2-6-19-9/h1-6,8H,7H2,(H,17,18). The number of amides is 1. The van der Waals surface area contributed by atoms with E-state index >= 15 is 0 Å². The second-order valence-corrected chi connectivity index (χ2v) is 5.12. The lowest BCUT2D eigenvalue weighted by Crippen LogP contribution is -2.19. The van der Waals surface area contributed by atoms with Crippen molar-refractivity contribution in [3.63, 3.8) is 0 Å². The first kappa shape index (κ1) is 13.7. The Hall–Kier alpha value is -1.72. The number of carbonyl (C=O) groups is 1. The van der Waals surface area contributed by atoms with Gasteiger partial charge in [0.2, 0.25) is 5.91 Å². The van der Waals surface area contributed by atoms with E-state index in [9.17, 15) is 9.18 Å². The van der Waals surface area contributed by atoms with Crippen LogP contribution in [0.25, 0.3) is 0 Å². The number of nitrogens with one attached hydrogen (secondary N) is 1. The molecule has 98 valence electrons. The normalized spacial score (nSPS) is 10.8. The fourth-order valence-electron chi connectivity index (χ4n) is 1.41. The van der Waals surface area contributed by atoms with Crippen molar-refractivity contribution >= 4 is 35.1 Å². The molecule has 0 fully saturated rings. The molecule has 0 aliphatic heterocycles. The number of thiophene rings is 1. The van der Waals surface area contributed by atoms with Crippen molar-refractivity contribution < 1.29 is 9.18 Å². The third-order valence-corrected chi connectivity index (χ3v) is 3.50. The molecule has 2 aromatic rings. The summed E-state index contributed by atoms with van der Waals surface area (Å²) >= 11 is 7.31. The van der Waals surface area contributed by atoms with Gasteiger partial charge in [-0.05, 0) is 23.6 Å². The number of carbonyl (C=O) groups excluding carboxylic acids is 1. The molecule has 1 N–H and O–H groups in total. The molecule has 0 aliphatic rings. The molecule has 0 unspecified atom stereocenters. The third kappa shape index (κ3) is 3.87. The van der Waals surface area contributed by atoms with Crippen LogP contribution in [-0.4, -0.2) is 12.1 Å². The van der Waals surface area contributed by atoms with Crippen molar-refractivity contribution in [1.82, 2.24) is 5.43 Å². The Kier molecular flexibility index (Phi) is 4.65. The predicted octanol–water partition coefficient (Wildman–Crippen LogP) is 3.23. The topological polar surface area (TPSA) is 41.5 Å². The summed E-state index contributed by atoms with van der Waals surface area (Å²) in [7, 11) is 0. The molecule has 0 saturated carbocycles. The summed E-state index contributed by atoms with van der Waals surface area (Å²) in [5, 5.41) is 5.84. The lowest BCUT2D eigenvalue weighted by Gasteiger charge is -2.00. The molecule has 0 spiro atoms. The molecule has 6 heteroatoms. The first-order chi connectivity index (χ1) is 9.16. The van der Waals surface area contributed by atoms with E-state index in [4.69, 9.17) is 11.6 Å². The molecular weight excluding hydrogens is 287 g/mol. The van der Waals surface area contributed by atoms with E-state index in [-0.39, 0.29) is 22.9 Å². The van der Waals surface area contributed by atoms with E-state index in [1.165, 1.54) is 29.7 Å². The van der Waals surface area contributed by atoms with Crippen LogP contribution < -0.4 is 5.43 Å². The number of halogens is 2. The van der Waals surface area contributed by atoms with Crippen molar-refractivity contribution in [2.24, 2.45) is 5.10 Å². The van der Waals surface area contributed by atoms with Crippen molar-refractivity contribution in [3.8, 4) is 0 Å². The van der Waals surface area contributed by atoms with Crippen LogP contribution in [0, 0.1) is 5.82 Å². The summed E-state index contributed by atoms with van der Waals surface area (Å²) in [4.78, 5) is 12.5. The van der Waals surface area contributed by atoms with Crippen LogP contribution in [0.4, 0.5) is 4.39 Å². The van der Waals surface area contributed by atoms with Crippen LogP contribution in [-0.2, 0) is 11.2 Å². The molecule has 0 radical (unpaired) electrons. The summed E-state index contributed by atoms with van der Waals surface area (Å²) in [5.41, 5.74) is 2.49. The van der Waals surface area contributed by atoms with Crippen LogP contribution in [0.15, 0.2) is 40.8 Å². The van der Waals surface area contributed by atoms with Gasteiger partial charge >= 0.3 is 0 Å². The molecule has 1 aromatic heterocycles. The van der Waals surface area contributed by atoms with Gasteiger partial charge in [0, 0.05) is 10.4 Å². The van der Waals surface area contributed by atoms with Gasteiger partial charge in [0.05, 0.1) is 17.7 Å². The Labute approximate surface area is 118 Å². The van der Waals surface area contributed by atoms with Gasteiger partial charge in [-0.15, -0.1) is 11.3 Å². The maximum absolute atomic E-state index is 13.4. The fraction of sp³-hybridized carbons (Fsp3) is 0.0769. The highest BCUT2D eigenvalue weighted by Crippen LogP contribution is 2.16. The summed E-state index contributed by atoms with van der Waals surface area (Å²) < 4.78 is 13.4. The van der Waals surface area contributed by atoms with Gasteiger partial charge in [0.1, 0.15) is 5.82 Å². The highest BCUT2D eigenvalue weighted by molar-refractivity contribution is 7.10. The molecule has 2 rings (SSSR count).